The maximum Gasteiger partial charge on any atom is 0.271 e. The van der Waals surface area contributed by atoms with Crippen molar-refractivity contribution in [2.24, 2.45) is 5.41 Å². The number of rotatable bonds is 1. The highest BCUT2D eigenvalue weighted by atomic mass is 35.5. The molecule has 2 heterocycles. The Morgan fingerprint density at radius 3 is 2.94 bits per heavy atom. The van der Waals surface area contributed by atoms with E-state index in [0.717, 1.165) is 25.9 Å². The smallest absolute Gasteiger partial charge is 0.271 e. The first-order valence-corrected chi connectivity index (χ1v) is 6.35. The molecule has 1 fully saturated rings. The monoisotopic (exact) mass is 255 g/mol. The van der Waals surface area contributed by atoms with Crippen molar-refractivity contribution in [2.45, 2.75) is 33.1 Å². The zero-order valence-corrected chi connectivity index (χ0v) is 11.0. The molecule has 1 saturated heterocycles. The van der Waals surface area contributed by atoms with Gasteiger partial charge in [-0.3, -0.25) is 4.79 Å². The average molecular weight is 256 g/mol. The minimum atomic E-state index is -0.264. The van der Waals surface area contributed by atoms with Crippen LogP contribution in [0.3, 0.4) is 0 Å². The maximum atomic E-state index is 11.4. The molecule has 0 unspecified atom stereocenters. The molecule has 17 heavy (non-hydrogen) atoms. The van der Waals surface area contributed by atoms with Crippen molar-refractivity contribution in [3.63, 3.8) is 0 Å². The van der Waals surface area contributed by atoms with E-state index >= 15 is 0 Å². The molecule has 0 radical (unpaired) electrons. The lowest BCUT2D eigenvalue weighted by atomic mass is 9.85. The summed E-state index contributed by atoms with van der Waals surface area (Å²) in [7, 11) is 0. The normalized spacial score (nSPS) is 20.1. The number of H-pyrrole nitrogens is 1. The van der Waals surface area contributed by atoms with Crippen LogP contribution in [0.1, 0.15) is 33.1 Å². The third-order valence-electron chi connectivity index (χ3n) is 3.42. The number of aromatic nitrogens is 2. The Kier molecular flexibility index (Phi) is 3.43. The van der Waals surface area contributed by atoms with Gasteiger partial charge in [0, 0.05) is 13.1 Å². The van der Waals surface area contributed by atoms with E-state index < -0.39 is 0 Å². The lowest BCUT2D eigenvalue weighted by Crippen LogP contribution is -2.28. The summed E-state index contributed by atoms with van der Waals surface area (Å²) < 4.78 is 0. The molecule has 0 atom stereocenters. The van der Waals surface area contributed by atoms with Crippen molar-refractivity contribution < 1.29 is 0 Å². The fourth-order valence-electron chi connectivity index (χ4n) is 2.23. The van der Waals surface area contributed by atoms with Gasteiger partial charge in [-0.05, 0) is 24.7 Å². The van der Waals surface area contributed by atoms with Gasteiger partial charge in [0.2, 0.25) is 0 Å². The van der Waals surface area contributed by atoms with E-state index in [1.165, 1.54) is 12.7 Å². The summed E-state index contributed by atoms with van der Waals surface area (Å²) in [5.41, 5.74) is 0.0998. The summed E-state index contributed by atoms with van der Waals surface area (Å²) in [5.74, 6) is 0.619. The summed E-state index contributed by atoms with van der Waals surface area (Å²) >= 11 is 6.00. The zero-order chi connectivity index (χ0) is 12.5. The molecule has 2 rings (SSSR count). The first-order chi connectivity index (χ1) is 7.99. The van der Waals surface area contributed by atoms with Gasteiger partial charge in [0.15, 0.2) is 5.82 Å². The Morgan fingerprint density at radius 2 is 2.18 bits per heavy atom. The van der Waals surface area contributed by atoms with Crippen molar-refractivity contribution in [1.82, 2.24) is 9.97 Å². The number of hydrogen-bond donors (Lipinski definition) is 1. The van der Waals surface area contributed by atoms with Crippen LogP contribution in [0.15, 0.2) is 11.1 Å². The van der Waals surface area contributed by atoms with Gasteiger partial charge in [-0.2, -0.15) is 0 Å². The SMILES string of the molecule is CC1(C)CCCN(c2nc[nH]c(=O)c2Cl)CC1. The van der Waals surface area contributed by atoms with E-state index in [2.05, 4.69) is 28.7 Å². The molecular formula is C12H18ClN3O. The third kappa shape index (κ3) is 2.80. The van der Waals surface area contributed by atoms with Gasteiger partial charge in [-0.25, -0.2) is 4.98 Å². The predicted octanol–water partition coefficient (Wildman–Crippen LogP) is 2.44. The fourth-order valence-corrected chi connectivity index (χ4v) is 2.45. The quantitative estimate of drug-likeness (QED) is 0.839. The molecule has 1 aliphatic rings. The molecule has 0 aromatic carbocycles. The van der Waals surface area contributed by atoms with Crippen molar-refractivity contribution in [1.29, 1.82) is 0 Å². The molecule has 94 valence electrons. The van der Waals surface area contributed by atoms with Crippen molar-refractivity contribution in [3.8, 4) is 0 Å². The van der Waals surface area contributed by atoms with Gasteiger partial charge < -0.3 is 9.88 Å². The van der Waals surface area contributed by atoms with Crippen LogP contribution in [-0.4, -0.2) is 23.1 Å². The van der Waals surface area contributed by atoms with E-state index in [9.17, 15) is 4.79 Å². The van der Waals surface area contributed by atoms with E-state index in [0.29, 0.717) is 11.2 Å². The van der Waals surface area contributed by atoms with E-state index in [-0.39, 0.29) is 10.6 Å². The van der Waals surface area contributed by atoms with Crippen molar-refractivity contribution >= 4 is 17.4 Å². The minimum absolute atomic E-state index is 0.201. The van der Waals surface area contributed by atoms with Crippen LogP contribution in [0.4, 0.5) is 5.82 Å². The van der Waals surface area contributed by atoms with Crippen LogP contribution in [0.2, 0.25) is 5.02 Å². The summed E-state index contributed by atoms with van der Waals surface area (Å²) in [6, 6.07) is 0. The van der Waals surface area contributed by atoms with Crippen LogP contribution < -0.4 is 10.5 Å². The molecule has 5 heteroatoms. The number of halogens is 1. The second-order valence-electron chi connectivity index (χ2n) is 5.37. The standard InChI is InChI=1S/C12H18ClN3O/c1-12(2)4-3-6-16(7-5-12)10-9(13)11(17)15-8-14-10/h8H,3-7H2,1-2H3,(H,14,15,17). The Hall–Kier alpha value is -1.03. The van der Waals surface area contributed by atoms with Crippen LogP contribution in [0.5, 0.6) is 0 Å². The van der Waals surface area contributed by atoms with E-state index in [4.69, 9.17) is 11.6 Å². The number of nitrogens with zero attached hydrogens (tertiary/aromatic N) is 2. The van der Waals surface area contributed by atoms with Crippen molar-refractivity contribution in [3.05, 3.63) is 21.7 Å². The van der Waals surface area contributed by atoms with Crippen LogP contribution in [0.25, 0.3) is 0 Å². The second-order valence-corrected chi connectivity index (χ2v) is 5.75. The van der Waals surface area contributed by atoms with Crippen LogP contribution in [-0.2, 0) is 0 Å². The molecule has 0 saturated carbocycles. The summed E-state index contributed by atoms with van der Waals surface area (Å²) in [6.07, 6.45) is 4.82. The summed E-state index contributed by atoms with van der Waals surface area (Å²) in [4.78, 5) is 20.2. The Morgan fingerprint density at radius 1 is 1.41 bits per heavy atom. The average Bonchev–Trinajstić information content (AvgIpc) is 2.44. The fraction of sp³-hybridized carbons (Fsp3) is 0.667. The van der Waals surface area contributed by atoms with Gasteiger partial charge >= 0.3 is 0 Å². The van der Waals surface area contributed by atoms with Crippen LogP contribution >= 0.6 is 11.6 Å². The first-order valence-electron chi connectivity index (χ1n) is 5.98. The Bertz CT molecular complexity index is 455. The topological polar surface area (TPSA) is 49.0 Å². The van der Waals surface area contributed by atoms with Gasteiger partial charge in [-0.1, -0.05) is 25.4 Å². The van der Waals surface area contributed by atoms with E-state index in [1.54, 1.807) is 0 Å². The van der Waals surface area contributed by atoms with Gasteiger partial charge in [0.1, 0.15) is 5.02 Å². The predicted molar refractivity (Wildman–Crippen MR) is 69.7 cm³/mol. The molecule has 1 aromatic rings. The van der Waals surface area contributed by atoms with Gasteiger partial charge in [-0.15, -0.1) is 0 Å². The lowest BCUT2D eigenvalue weighted by molar-refractivity contribution is 0.325. The number of anilines is 1. The first kappa shape index (κ1) is 12.4. The molecule has 0 aliphatic carbocycles. The molecule has 1 aliphatic heterocycles. The summed E-state index contributed by atoms with van der Waals surface area (Å²) in [6.45, 7) is 6.38. The zero-order valence-electron chi connectivity index (χ0n) is 10.3. The van der Waals surface area contributed by atoms with E-state index in [1.807, 2.05) is 0 Å². The maximum absolute atomic E-state index is 11.4. The van der Waals surface area contributed by atoms with Crippen molar-refractivity contribution in [2.75, 3.05) is 18.0 Å². The van der Waals surface area contributed by atoms with Gasteiger partial charge in [0.05, 0.1) is 6.33 Å². The highest BCUT2D eigenvalue weighted by molar-refractivity contribution is 6.32. The van der Waals surface area contributed by atoms with Crippen LogP contribution in [0, 0.1) is 5.41 Å². The number of nitrogens with one attached hydrogen (secondary N) is 1. The number of aromatic amines is 1. The largest absolute Gasteiger partial charge is 0.355 e. The van der Waals surface area contributed by atoms with Gasteiger partial charge in [0.25, 0.3) is 5.56 Å². The molecule has 0 spiro atoms. The molecule has 1 N–H and O–H groups in total. The molecule has 4 nitrogen and oxygen atoms in total. The highest BCUT2D eigenvalue weighted by Gasteiger charge is 2.24. The second kappa shape index (κ2) is 4.69. The third-order valence-corrected chi connectivity index (χ3v) is 3.76. The highest BCUT2D eigenvalue weighted by Crippen LogP contribution is 2.32. The number of hydrogen-bond acceptors (Lipinski definition) is 3. The summed E-state index contributed by atoms with van der Waals surface area (Å²) in [5, 5.41) is 0.201. The molecule has 0 bridgehead atoms. The Labute approximate surface area is 106 Å². The Balaban J connectivity index is 2.23. The lowest BCUT2D eigenvalue weighted by Gasteiger charge is -2.24. The molecule has 0 amide bonds. The molecule has 1 aromatic heterocycles. The molecular weight excluding hydrogens is 238 g/mol. The minimum Gasteiger partial charge on any atom is -0.355 e.